The largest absolute Gasteiger partial charge is 0.288 e. The van der Waals surface area contributed by atoms with Crippen LogP contribution in [0, 0.1) is 0 Å². The van der Waals surface area contributed by atoms with Gasteiger partial charge in [0.25, 0.3) is 0 Å². The Morgan fingerprint density at radius 2 is 1.03 bits per heavy atom. The summed E-state index contributed by atoms with van der Waals surface area (Å²) in [5.41, 5.74) is 5.40. The van der Waals surface area contributed by atoms with Gasteiger partial charge in [0.15, 0.2) is 5.01 Å². The van der Waals surface area contributed by atoms with E-state index < -0.39 is 0 Å². The van der Waals surface area contributed by atoms with Crippen molar-refractivity contribution < 1.29 is 9.59 Å². The molecule has 6 aromatic rings. The lowest BCUT2D eigenvalue weighted by molar-refractivity contribution is 0.103. The lowest BCUT2D eigenvalue weighted by Gasteiger charge is -2.03. The van der Waals surface area contributed by atoms with Gasteiger partial charge in [-0.3, -0.25) is 9.59 Å². The number of ketones is 2. The lowest BCUT2D eigenvalue weighted by Crippen LogP contribution is -1.99. The molecule has 0 bridgehead atoms. The Hall–Kier alpha value is -4.45. The van der Waals surface area contributed by atoms with Crippen LogP contribution in [0.25, 0.3) is 22.4 Å². The molecule has 0 aliphatic heterocycles. The van der Waals surface area contributed by atoms with Crippen LogP contribution in [-0.2, 0) is 0 Å². The summed E-state index contributed by atoms with van der Waals surface area (Å²) in [7, 11) is 0. The van der Waals surface area contributed by atoms with Crippen molar-refractivity contribution in [3.8, 4) is 22.4 Å². The number of rotatable bonds is 6. The highest BCUT2D eigenvalue weighted by atomic mass is 32.1. The number of carbonyl (C=O) groups excluding carboxylic acids is 2. The van der Waals surface area contributed by atoms with Crippen LogP contribution in [0.5, 0.6) is 0 Å². The van der Waals surface area contributed by atoms with Crippen LogP contribution in [0.4, 0.5) is 0 Å². The van der Waals surface area contributed by atoms with Crippen LogP contribution in [0.1, 0.15) is 30.6 Å². The Morgan fingerprint density at radius 3 is 1.61 bits per heavy atom. The van der Waals surface area contributed by atoms with E-state index in [1.807, 2.05) is 138 Å². The summed E-state index contributed by atoms with van der Waals surface area (Å²) in [6.07, 6.45) is 0. The molecule has 0 saturated heterocycles. The highest BCUT2D eigenvalue weighted by Gasteiger charge is 2.16. The van der Waals surface area contributed by atoms with Crippen LogP contribution in [-0.4, -0.2) is 16.6 Å². The fraction of sp³-hybridized carbons (Fsp3) is 0. The van der Waals surface area contributed by atoms with E-state index in [1.54, 1.807) is 0 Å². The van der Waals surface area contributed by atoms with Crippen molar-refractivity contribution in [2.24, 2.45) is 0 Å². The van der Waals surface area contributed by atoms with Crippen LogP contribution in [0.15, 0.2) is 138 Å². The second-order valence-electron chi connectivity index (χ2n) is 8.32. The van der Waals surface area contributed by atoms with E-state index in [0.717, 1.165) is 32.8 Å². The first kappa shape index (κ1) is 25.2. The molecular formula is C33H23NO2S2. The first-order chi connectivity index (χ1) is 18.7. The standard InChI is InChI=1S/C17H12OS.C16H11NOS/c18-16(14-9-5-2-6-10-14)17-15(11-12-19-17)13-7-3-1-4-8-13;18-15(13-9-5-2-6-10-13)16-17-14(11-19-16)12-7-3-1-4-8-12/h1-12H;1-11H. The van der Waals surface area contributed by atoms with Crippen molar-refractivity contribution >= 4 is 34.2 Å². The summed E-state index contributed by atoms with van der Waals surface area (Å²) >= 11 is 2.88. The molecule has 0 unspecified atom stereocenters. The molecule has 0 spiro atoms. The minimum Gasteiger partial charge on any atom is -0.288 e. The third kappa shape index (κ3) is 5.92. The highest BCUT2D eigenvalue weighted by molar-refractivity contribution is 7.13. The molecule has 0 radical (unpaired) electrons. The van der Waals surface area contributed by atoms with Gasteiger partial charge in [-0.05, 0) is 17.0 Å². The van der Waals surface area contributed by atoms with Gasteiger partial charge in [-0.2, -0.15) is 0 Å². The van der Waals surface area contributed by atoms with Gasteiger partial charge in [-0.1, -0.05) is 121 Å². The first-order valence-electron chi connectivity index (χ1n) is 12.0. The van der Waals surface area contributed by atoms with Gasteiger partial charge in [0.2, 0.25) is 11.6 Å². The predicted octanol–water partition coefficient (Wildman–Crippen LogP) is 8.69. The van der Waals surface area contributed by atoms with Crippen LogP contribution in [0.3, 0.4) is 0 Å². The lowest BCUT2D eigenvalue weighted by atomic mass is 10.0. The van der Waals surface area contributed by atoms with E-state index in [4.69, 9.17) is 0 Å². The summed E-state index contributed by atoms with van der Waals surface area (Å²) in [6.45, 7) is 0. The number of carbonyl (C=O) groups is 2. The molecule has 184 valence electrons. The molecule has 0 N–H and O–H groups in total. The fourth-order valence-electron chi connectivity index (χ4n) is 3.88. The maximum atomic E-state index is 12.5. The van der Waals surface area contributed by atoms with Crippen molar-refractivity contribution in [1.82, 2.24) is 4.98 Å². The number of benzene rings is 4. The zero-order valence-electron chi connectivity index (χ0n) is 20.4. The molecular weight excluding hydrogens is 507 g/mol. The SMILES string of the molecule is O=C(c1ccccc1)c1nc(-c2ccccc2)cs1.O=C(c1ccccc1)c1sccc1-c1ccccc1. The van der Waals surface area contributed by atoms with Gasteiger partial charge < -0.3 is 0 Å². The Bertz CT molecular complexity index is 1620. The van der Waals surface area contributed by atoms with Crippen molar-refractivity contribution in [1.29, 1.82) is 0 Å². The molecule has 4 aromatic carbocycles. The number of hydrogen-bond acceptors (Lipinski definition) is 5. The van der Waals surface area contributed by atoms with Gasteiger partial charge in [0.05, 0.1) is 10.6 Å². The Kier molecular flexibility index (Phi) is 8.09. The van der Waals surface area contributed by atoms with Crippen LogP contribution < -0.4 is 0 Å². The van der Waals surface area contributed by atoms with Crippen molar-refractivity contribution in [2.75, 3.05) is 0 Å². The monoisotopic (exact) mass is 529 g/mol. The zero-order valence-corrected chi connectivity index (χ0v) is 22.0. The van der Waals surface area contributed by atoms with E-state index >= 15 is 0 Å². The molecule has 2 heterocycles. The third-order valence-electron chi connectivity index (χ3n) is 5.80. The second-order valence-corrected chi connectivity index (χ2v) is 10.1. The normalized spacial score (nSPS) is 10.3. The van der Waals surface area contributed by atoms with E-state index in [-0.39, 0.29) is 11.6 Å². The molecule has 2 aromatic heterocycles. The molecule has 0 aliphatic rings. The highest BCUT2D eigenvalue weighted by Crippen LogP contribution is 2.30. The summed E-state index contributed by atoms with van der Waals surface area (Å²) in [4.78, 5) is 30.0. The molecule has 0 fully saturated rings. The van der Waals surface area contributed by atoms with Crippen molar-refractivity contribution in [3.63, 3.8) is 0 Å². The van der Waals surface area contributed by atoms with E-state index in [1.165, 1.54) is 22.7 Å². The van der Waals surface area contributed by atoms with Gasteiger partial charge in [-0.25, -0.2) is 4.98 Å². The van der Waals surface area contributed by atoms with E-state index in [0.29, 0.717) is 10.6 Å². The average molecular weight is 530 g/mol. The number of thiophene rings is 1. The number of aromatic nitrogens is 1. The molecule has 38 heavy (non-hydrogen) atoms. The predicted molar refractivity (Wildman–Crippen MR) is 157 cm³/mol. The molecule has 3 nitrogen and oxygen atoms in total. The average Bonchev–Trinajstić information content (AvgIpc) is 3.70. The number of thiazole rings is 1. The first-order valence-corrected chi connectivity index (χ1v) is 13.8. The van der Waals surface area contributed by atoms with E-state index in [9.17, 15) is 9.59 Å². The summed E-state index contributed by atoms with van der Waals surface area (Å²) in [5.74, 6) is 0.0715. The molecule has 0 atom stereocenters. The smallest absolute Gasteiger partial charge is 0.221 e. The minimum atomic E-state index is -0.0206. The topological polar surface area (TPSA) is 47.0 Å². The fourth-order valence-corrected chi connectivity index (χ4v) is 5.55. The molecule has 0 aliphatic carbocycles. The van der Waals surface area contributed by atoms with Crippen LogP contribution in [0.2, 0.25) is 0 Å². The summed E-state index contributed by atoms with van der Waals surface area (Å²) < 4.78 is 0. The maximum Gasteiger partial charge on any atom is 0.221 e. The van der Waals surface area contributed by atoms with Crippen molar-refractivity contribution in [3.05, 3.63) is 159 Å². The quantitative estimate of drug-likeness (QED) is 0.203. The Balaban J connectivity index is 0.000000155. The number of hydrogen-bond donors (Lipinski definition) is 0. The van der Waals surface area contributed by atoms with Crippen LogP contribution >= 0.6 is 22.7 Å². The molecule has 0 amide bonds. The Labute approximate surface area is 229 Å². The van der Waals surface area contributed by atoms with Gasteiger partial charge in [0.1, 0.15) is 0 Å². The number of nitrogens with zero attached hydrogens (tertiary/aromatic N) is 1. The van der Waals surface area contributed by atoms with E-state index in [2.05, 4.69) is 4.98 Å². The van der Waals surface area contributed by atoms with Crippen molar-refractivity contribution in [2.45, 2.75) is 0 Å². The molecule has 0 saturated carbocycles. The second kappa shape index (κ2) is 12.2. The van der Waals surface area contributed by atoms with Gasteiger partial charge in [-0.15, -0.1) is 22.7 Å². The van der Waals surface area contributed by atoms with Gasteiger partial charge in [0, 0.05) is 27.6 Å². The van der Waals surface area contributed by atoms with Gasteiger partial charge >= 0.3 is 0 Å². The Morgan fingerprint density at radius 1 is 0.526 bits per heavy atom. The molecule has 6 rings (SSSR count). The zero-order chi connectivity index (χ0) is 26.2. The summed E-state index contributed by atoms with van der Waals surface area (Å²) in [6, 6.07) is 40.6. The summed E-state index contributed by atoms with van der Waals surface area (Å²) in [5, 5.41) is 4.43. The minimum absolute atomic E-state index is 0.0206. The maximum absolute atomic E-state index is 12.5. The molecule has 5 heteroatoms. The third-order valence-corrected chi connectivity index (χ3v) is 7.55.